The van der Waals surface area contributed by atoms with E-state index in [2.05, 4.69) is 44.7 Å². The SMILES string of the molecule is [Pt+2].[Pt+2].[c-]1c(-n2cccn2)ccc2c1B1c3[c-]c(-n4cccn4)ccc3Oc3c4c5c(c(c31)O2)Oc1ccc(-n2cccn2)[c-]c1B5c1[c-]c(-n2cccn2)ccc1O4. The minimum Gasteiger partial charge on any atom is -0.514 e. The Kier molecular flexibility index (Phi) is 7.87. The average Bonchev–Trinajstić information content (AvgIpc) is 4.10. The van der Waals surface area contributed by atoms with Crippen LogP contribution in [-0.4, -0.2) is 52.5 Å². The molecule has 16 heteroatoms. The van der Waals surface area contributed by atoms with Crippen molar-refractivity contribution in [1.29, 1.82) is 0 Å². The summed E-state index contributed by atoms with van der Waals surface area (Å²) in [6, 6.07) is 37.7. The van der Waals surface area contributed by atoms with Gasteiger partial charge in [0.1, 0.15) is 0 Å². The molecule has 5 aromatic carbocycles. The summed E-state index contributed by atoms with van der Waals surface area (Å²) in [5, 5.41) is 17.9. The third kappa shape index (κ3) is 4.98. The van der Waals surface area contributed by atoms with Crippen LogP contribution in [0.5, 0.6) is 46.0 Å². The number of hydrogen-bond donors (Lipinski definition) is 0. The zero-order chi connectivity index (χ0) is 36.5. The zero-order valence-corrected chi connectivity index (χ0v) is 34.1. The van der Waals surface area contributed by atoms with Gasteiger partial charge in [-0.3, -0.25) is 18.7 Å². The number of aromatic nitrogens is 8. The Morgan fingerprint density at radius 2 is 0.638 bits per heavy atom. The minimum absolute atomic E-state index is 0. The van der Waals surface area contributed by atoms with Crippen LogP contribution in [0.1, 0.15) is 0 Å². The van der Waals surface area contributed by atoms with Gasteiger partial charge in [-0.15, -0.1) is 70.4 Å². The van der Waals surface area contributed by atoms with Crippen LogP contribution in [0, 0.1) is 24.3 Å². The van der Waals surface area contributed by atoms with Crippen molar-refractivity contribution in [2.45, 2.75) is 0 Å². The molecular formula is C42H20B2N8O4Pt2. The molecule has 9 aromatic rings. The maximum Gasteiger partial charge on any atom is 2.00 e. The third-order valence-electron chi connectivity index (χ3n) is 10.7. The van der Waals surface area contributed by atoms with Gasteiger partial charge in [-0.25, -0.2) is 0 Å². The van der Waals surface area contributed by atoms with E-state index in [0.717, 1.165) is 55.5 Å². The summed E-state index contributed by atoms with van der Waals surface area (Å²) < 4.78 is 34.9. The number of benzene rings is 5. The third-order valence-corrected chi connectivity index (χ3v) is 10.7. The van der Waals surface area contributed by atoms with E-state index < -0.39 is 13.4 Å². The molecule has 0 bridgehead atoms. The van der Waals surface area contributed by atoms with Crippen LogP contribution in [0.4, 0.5) is 0 Å². The fraction of sp³-hybridized carbons (Fsp3) is 0. The first-order valence-corrected chi connectivity index (χ1v) is 17.9. The summed E-state index contributed by atoms with van der Waals surface area (Å²) in [5.41, 5.74) is 7.77. The first-order valence-electron chi connectivity index (χ1n) is 17.9. The minimum atomic E-state index is -0.434. The van der Waals surface area contributed by atoms with E-state index in [9.17, 15) is 0 Å². The Hall–Kier alpha value is -6.35. The first kappa shape index (κ1) is 34.9. The Bertz CT molecular complexity index is 2660. The van der Waals surface area contributed by atoms with Crippen LogP contribution in [0.3, 0.4) is 0 Å². The molecule has 0 fully saturated rings. The van der Waals surface area contributed by atoms with Gasteiger partial charge >= 0.3 is 42.1 Å². The zero-order valence-electron chi connectivity index (χ0n) is 29.5. The van der Waals surface area contributed by atoms with Crippen molar-refractivity contribution < 1.29 is 61.1 Å². The normalized spacial score (nSPS) is 13.0. The molecule has 0 amide bonds. The van der Waals surface area contributed by atoms with Crippen molar-refractivity contribution in [2.24, 2.45) is 0 Å². The molecular weight excluding hydrogens is 1090 g/mol. The quantitative estimate of drug-likeness (QED) is 0.196. The molecule has 4 aromatic heterocycles. The maximum atomic E-state index is 6.95. The van der Waals surface area contributed by atoms with Crippen LogP contribution >= 0.6 is 0 Å². The molecule has 4 aliphatic rings. The molecule has 58 heavy (non-hydrogen) atoms. The number of rotatable bonds is 4. The number of hydrogen-bond acceptors (Lipinski definition) is 8. The Labute approximate surface area is 359 Å². The number of ether oxygens (including phenoxy) is 4. The fourth-order valence-electron chi connectivity index (χ4n) is 8.27. The summed E-state index contributed by atoms with van der Waals surface area (Å²) in [5.74, 6) is 4.63. The molecule has 0 unspecified atom stereocenters. The Morgan fingerprint density at radius 3 is 0.862 bits per heavy atom. The predicted octanol–water partition coefficient (Wildman–Crippen LogP) is 3.08. The summed E-state index contributed by atoms with van der Waals surface area (Å²) in [6.45, 7) is -0.868. The van der Waals surface area contributed by atoms with E-state index in [0.29, 0.717) is 46.0 Å². The molecule has 8 heterocycles. The van der Waals surface area contributed by atoms with Gasteiger partial charge in [-0.1, -0.05) is 0 Å². The topological polar surface area (TPSA) is 108 Å². The van der Waals surface area contributed by atoms with Gasteiger partial charge in [0.15, 0.2) is 23.0 Å². The van der Waals surface area contributed by atoms with Crippen molar-refractivity contribution in [1.82, 2.24) is 39.1 Å². The Balaban J connectivity index is 0.00000193. The van der Waals surface area contributed by atoms with Crippen LogP contribution in [0.25, 0.3) is 22.7 Å². The largest absolute Gasteiger partial charge is 2.00 e. The predicted molar refractivity (Wildman–Crippen MR) is 206 cm³/mol. The molecule has 13 rings (SSSR count). The number of fused-ring (bicyclic) bond motifs is 10. The van der Waals surface area contributed by atoms with Gasteiger partial charge in [-0.05, 0) is 47.0 Å². The van der Waals surface area contributed by atoms with Crippen molar-refractivity contribution in [3.63, 3.8) is 0 Å². The standard InChI is InChI=1S/C42H20B2N8O4.2Pt/c1-13-45-49(17-1)25-5-9-33-29(21-25)43-30-22-26(50-18-2-14-46-50)6-10-34(30)54-40-37(43)39(53-33)41-38-42(40)56-36-12-8-28(52-20-4-16-48-52)24-32(36)44(38)31-23-27(7-11-35(31)55-41)51-19-3-15-47-51;;/h1-20H;;/q-4;2*+2. The molecule has 0 saturated carbocycles. The average molecular weight is 1110 g/mol. The summed E-state index contributed by atoms with van der Waals surface area (Å²) in [7, 11) is 0. The maximum absolute atomic E-state index is 6.95. The van der Waals surface area contributed by atoms with Crippen molar-refractivity contribution in [3.05, 3.63) is 147 Å². The van der Waals surface area contributed by atoms with E-state index in [-0.39, 0.29) is 42.1 Å². The van der Waals surface area contributed by atoms with Gasteiger partial charge in [0.25, 0.3) is 0 Å². The molecule has 0 spiro atoms. The monoisotopic (exact) mass is 1110 g/mol. The van der Waals surface area contributed by atoms with Crippen molar-refractivity contribution in [3.8, 4) is 68.7 Å². The molecule has 0 saturated heterocycles. The molecule has 278 valence electrons. The fourth-order valence-corrected chi connectivity index (χ4v) is 8.27. The van der Waals surface area contributed by atoms with Crippen LogP contribution in [-0.2, 0) is 42.1 Å². The van der Waals surface area contributed by atoms with Crippen molar-refractivity contribution in [2.75, 3.05) is 0 Å². The molecule has 12 nitrogen and oxygen atoms in total. The van der Waals surface area contributed by atoms with Gasteiger partial charge in [0.2, 0.25) is 13.4 Å². The Morgan fingerprint density at radius 1 is 0.379 bits per heavy atom. The smallest absolute Gasteiger partial charge is 0.514 e. The van der Waals surface area contributed by atoms with Crippen LogP contribution < -0.4 is 51.7 Å². The van der Waals surface area contributed by atoms with E-state index in [1.165, 1.54) is 0 Å². The van der Waals surface area contributed by atoms with Gasteiger partial charge in [-0.2, -0.15) is 44.7 Å². The van der Waals surface area contributed by atoms with Gasteiger partial charge in [0.05, 0.1) is 0 Å². The second-order valence-electron chi connectivity index (χ2n) is 13.7. The van der Waals surface area contributed by atoms with Gasteiger partial charge in [0, 0.05) is 83.5 Å². The van der Waals surface area contributed by atoms with Gasteiger partial charge < -0.3 is 18.9 Å². The summed E-state index contributed by atoms with van der Waals surface area (Å²) in [6.07, 6.45) is 14.5. The van der Waals surface area contributed by atoms with E-state index in [1.807, 2.05) is 97.6 Å². The molecule has 4 aliphatic heterocycles. The molecule has 0 aliphatic carbocycles. The van der Waals surface area contributed by atoms with Crippen molar-refractivity contribution >= 4 is 46.2 Å². The van der Waals surface area contributed by atoms with E-state index >= 15 is 0 Å². The first-order chi connectivity index (χ1) is 27.7. The summed E-state index contributed by atoms with van der Waals surface area (Å²) >= 11 is 0. The second-order valence-corrected chi connectivity index (χ2v) is 13.7. The van der Waals surface area contributed by atoms with E-state index in [4.69, 9.17) is 18.9 Å². The summed E-state index contributed by atoms with van der Waals surface area (Å²) in [4.78, 5) is 0. The second kappa shape index (κ2) is 13.1. The van der Waals surface area contributed by atoms with Crippen LogP contribution in [0.15, 0.2) is 122 Å². The van der Waals surface area contributed by atoms with E-state index in [1.54, 1.807) is 43.5 Å². The molecule has 0 atom stereocenters. The number of nitrogens with zero attached hydrogens (tertiary/aromatic N) is 8. The van der Waals surface area contributed by atoms with Crippen LogP contribution in [0.2, 0.25) is 0 Å². The molecule has 0 radical (unpaired) electrons. The molecule has 0 N–H and O–H groups in total.